The van der Waals surface area contributed by atoms with E-state index in [2.05, 4.69) is 15.6 Å². The summed E-state index contributed by atoms with van der Waals surface area (Å²) in [5.74, 6) is -0.111. The van der Waals surface area contributed by atoms with Crippen LogP contribution in [0.2, 0.25) is 0 Å². The maximum atomic E-state index is 11.9. The normalized spacial score (nSPS) is 18.5. The highest BCUT2D eigenvalue weighted by Gasteiger charge is 2.23. The smallest absolute Gasteiger partial charge is 0.230 e. The first-order chi connectivity index (χ1) is 9.06. The van der Waals surface area contributed by atoms with Crippen LogP contribution in [-0.4, -0.2) is 35.6 Å². The zero-order valence-electron chi connectivity index (χ0n) is 10.6. The minimum atomic E-state index is -0.361. The fourth-order valence-electron chi connectivity index (χ4n) is 1.79. The monoisotopic (exact) mass is 300 g/mol. The minimum absolute atomic E-state index is 0.00482. The van der Waals surface area contributed by atoms with E-state index in [0.717, 1.165) is 29.4 Å². The van der Waals surface area contributed by atoms with Crippen molar-refractivity contribution >= 4 is 40.0 Å². The molecule has 1 aliphatic heterocycles. The number of amides is 2. The third-order valence-corrected chi connectivity index (χ3v) is 5.22. The largest absolute Gasteiger partial charge is 0.369 e. The van der Waals surface area contributed by atoms with E-state index in [9.17, 15) is 9.59 Å². The molecule has 6 nitrogen and oxygen atoms in total. The summed E-state index contributed by atoms with van der Waals surface area (Å²) in [4.78, 5) is 27.0. The zero-order chi connectivity index (χ0) is 13.8. The van der Waals surface area contributed by atoms with Gasteiger partial charge in [0.1, 0.15) is 0 Å². The SMILES string of the molecule is Cc1nc(NC(=O)C2CCNC2)sc1SCC(N)=O. The van der Waals surface area contributed by atoms with E-state index in [1.165, 1.54) is 23.1 Å². The van der Waals surface area contributed by atoms with Gasteiger partial charge in [0.05, 0.1) is 21.6 Å². The topological polar surface area (TPSA) is 97.1 Å². The molecule has 2 amide bonds. The molecule has 19 heavy (non-hydrogen) atoms. The van der Waals surface area contributed by atoms with Crippen molar-refractivity contribution in [2.24, 2.45) is 11.7 Å². The molecule has 1 aromatic rings. The molecule has 1 unspecified atom stereocenters. The third kappa shape index (κ3) is 3.92. The molecule has 1 aliphatic rings. The first-order valence-electron chi connectivity index (χ1n) is 5.96. The van der Waals surface area contributed by atoms with Crippen molar-refractivity contribution in [3.63, 3.8) is 0 Å². The number of primary amides is 1. The van der Waals surface area contributed by atoms with E-state index in [1.54, 1.807) is 0 Å². The molecule has 1 aromatic heterocycles. The fraction of sp³-hybridized carbons (Fsp3) is 0.545. The van der Waals surface area contributed by atoms with Gasteiger partial charge < -0.3 is 16.4 Å². The lowest BCUT2D eigenvalue weighted by Gasteiger charge is -2.06. The van der Waals surface area contributed by atoms with Crippen LogP contribution in [0, 0.1) is 12.8 Å². The molecule has 4 N–H and O–H groups in total. The van der Waals surface area contributed by atoms with Crippen LogP contribution in [0.15, 0.2) is 4.21 Å². The molecule has 104 valence electrons. The highest BCUT2D eigenvalue weighted by Crippen LogP contribution is 2.32. The van der Waals surface area contributed by atoms with Gasteiger partial charge in [-0.15, -0.1) is 11.8 Å². The number of rotatable bonds is 5. The second kappa shape index (κ2) is 6.36. The standard InChI is InChI=1S/C11H16N4O2S2/c1-6-10(18-5-8(12)16)19-11(14-6)15-9(17)7-2-3-13-4-7/h7,13H,2-5H2,1H3,(H2,12,16)(H,14,15,17). The highest BCUT2D eigenvalue weighted by molar-refractivity contribution is 8.01. The second-order valence-electron chi connectivity index (χ2n) is 4.33. The van der Waals surface area contributed by atoms with Gasteiger partial charge in [-0.05, 0) is 19.9 Å². The van der Waals surface area contributed by atoms with Crippen molar-refractivity contribution in [1.29, 1.82) is 0 Å². The molecule has 0 aliphatic carbocycles. The number of nitrogens with one attached hydrogen (secondary N) is 2. The van der Waals surface area contributed by atoms with Gasteiger partial charge in [0.15, 0.2) is 5.13 Å². The maximum Gasteiger partial charge on any atom is 0.230 e. The quantitative estimate of drug-likeness (QED) is 0.691. The Morgan fingerprint density at radius 2 is 2.42 bits per heavy atom. The molecule has 0 spiro atoms. The summed E-state index contributed by atoms with van der Waals surface area (Å²) in [6.45, 7) is 3.46. The summed E-state index contributed by atoms with van der Waals surface area (Å²) < 4.78 is 0.915. The Morgan fingerprint density at radius 1 is 1.63 bits per heavy atom. The predicted molar refractivity (Wildman–Crippen MR) is 76.4 cm³/mol. The Balaban J connectivity index is 1.95. The Kier molecular flexibility index (Phi) is 4.78. The lowest BCUT2D eigenvalue weighted by molar-refractivity contribution is -0.119. The summed E-state index contributed by atoms with van der Waals surface area (Å²) in [5.41, 5.74) is 5.92. The van der Waals surface area contributed by atoms with Gasteiger partial charge in [0.25, 0.3) is 0 Å². The Morgan fingerprint density at radius 3 is 3.05 bits per heavy atom. The van der Waals surface area contributed by atoms with E-state index >= 15 is 0 Å². The lowest BCUT2D eigenvalue weighted by Crippen LogP contribution is -2.24. The maximum absolute atomic E-state index is 11.9. The highest BCUT2D eigenvalue weighted by atomic mass is 32.2. The number of aryl methyl sites for hydroxylation is 1. The first-order valence-corrected chi connectivity index (χ1v) is 7.76. The van der Waals surface area contributed by atoms with Crippen molar-refractivity contribution in [2.45, 2.75) is 17.6 Å². The molecule has 2 rings (SSSR count). The number of carbonyl (C=O) groups excluding carboxylic acids is 2. The number of hydrogen-bond acceptors (Lipinski definition) is 6. The fourth-order valence-corrected chi connectivity index (χ4v) is 3.67. The Hall–Kier alpha value is -1.12. The van der Waals surface area contributed by atoms with Crippen molar-refractivity contribution in [1.82, 2.24) is 10.3 Å². The molecule has 0 aromatic carbocycles. The van der Waals surface area contributed by atoms with Crippen LogP contribution in [0.1, 0.15) is 12.1 Å². The number of nitrogens with zero attached hydrogens (tertiary/aromatic N) is 1. The van der Waals surface area contributed by atoms with Crippen LogP contribution in [0.25, 0.3) is 0 Å². The van der Waals surface area contributed by atoms with Gasteiger partial charge in [-0.25, -0.2) is 4.98 Å². The Labute approximate surface area is 119 Å². The summed E-state index contributed by atoms with van der Waals surface area (Å²) in [6, 6.07) is 0. The predicted octanol–water partition coefficient (Wildman–Crippen LogP) is 0.577. The van der Waals surface area contributed by atoms with Gasteiger partial charge in [-0.1, -0.05) is 11.3 Å². The van der Waals surface area contributed by atoms with E-state index in [4.69, 9.17) is 5.73 Å². The number of aromatic nitrogens is 1. The number of anilines is 1. The minimum Gasteiger partial charge on any atom is -0.369 e. The van der Waals surface area contributed by atoms with Crippen molar-refractivity contribution in [3.05, 3.63) is 5.69 Å². The summed E-state index contributed by atoms with van der Waals surface area (Å²) >= 11 is 2.73. The van der Waals surface area contributed by atoms with Crippen molar-refractivity contribution in [3.8, 4) is 0 Å². The summed E-state index contributed by atoms with van der Waals surface area (Å²) in [6.07, 6.45) is 0.861. The van der Waals surface area contributed by atoms with Crippen LogP contribution < -0.4 is 16.4 Å². The number of nitrogens with two attached hydrogens (primary N) is 1. The molecular formula is C11H16N4O2S2. The Bertz CT molecular complexity index is 483. The number of hydrogen-bond donors (Lipinski definition) is 3. The van der Waals surface area contributed by atoms with E-state index in [-0.39, 0.29) is 23.5 Å². The lowest BCUT2D eigenvalue weighted by atomic mass is 10.1. The van der Waals surface area contributed by atoms with Crippen molar-refractivity contribution < 1.29 is 9.59 Å². The van der Waals surface area contributed by atoms with Gasteiger partial charge in [0, 0.05) is 6.54 Å². The van der Waals surface area contributed by atoms with E-state index in [0.29, 0.717) is 5.13 Å². The van der Waals surface area contributed by atoms with Crippen LogP contribution in [0.3, 0.4) is 0 Å². The number of carbonyl (C=O) groups is 2. The van der Waals surface area contributed by atoms with Crippen LogP contribution >= 0.6 is 23.1 Å². The number of thioether (sulfide) groups is 1. The molecule has 2 heterocycles. The average molecular weight is 300 g/mol. The van der Waals surface area contributed by atoms with Gasteiger partial charge in [-0.3, -0.25) is 9.59 Å². The molecule has 0 bridgehead atoms. The van der Waals surface area contributed by atoms with Crippen LogP contribution in [0.5, 0.6) is 0 Å². The summed E-state index contributed by atoms with van der Waals surface area (Å²) in [7, 11) is 0. The second-order valence-corrected chi connectivity index (χ2v) is 6.57. The number of thiazole rings is 1. The molecular weight excluding hydrogens is 284 g/mol. The van der Waals surface area contributed by atoms with E-state index < -0.39 is 0 Å². The molecule has 1 atom stereocenters. The van der Waals surface area contributed by atoms with Crippen LogP contribution in [0.4, 0.5) is 5.13 Å². The average Bonchev–Trinajstić information content (AvgIpc) is 2.96. The van der Waals surface area contributed by atoms with Crippen LogP contribution in [-0.2, 0) is 9.59 Å². The van der Waals surface area contributed by atoms with Gasteiger partial charge in [-0.2, -0.15) is 0 Å². The molecule has 0 radical (unpaired) electrons. The molecule has 8 heteroatoms. The molecule has 0 saturated carbocycles. The van der Waals surface area contributed by atoms with Crippen molar-refractivity contribution in [2.75, 3.05) is 24.2 Å². The first kappa shape index (κ1) is 14.3. The molecule has 1 fully saturated rings. The molecule has 1 saturated heterocycles. The van der Waals surface area contributed by atoms with E-state index in [1.807, 2.05) is 6.92 Å². The zero-order valence-corrected chi connectivity index (χ0v) is 12.2. The van der Waals surface area contributed by atoms with Gasteiger partial charge >= 0.3 is 0 Å². The van der Waals surface area contributed by atoms with Gasteiger partial charge in [0.2, 0.25) is 11.8 Å². The summed E-state index contributed by atoms with van der Waals surface area (Å²) in [5, 5.41) is 6.57. The third-order valence-electron chi connectivity index (χ3n) is 2.76.